The molecule has 0 bridgehead atoms. The molecule has 2 N–H and O–H groups in total. The largest absolute Gasteiger partial charge is 0.355 e. The number of nitrogens with zero attached hydrogens (tertiary/aromatic N) is 2. The monoisotopic (exact) mass is 312 g/mol. The van der Waals surface area contributed by atoms with Crippen LogP contribution in [0.1, 0.15) is 46.5 Å². The van der Waals surface area contributed by atoms with Crippen LogP contribution in [0.3, 0.4) is 0 Å². The predicted octanol–water partition coefficient (Wildman–Crippen LogP) is 2.31. The van der Waals surface area contributed by atoms with Crippen LogP contribution in [0.2, 0.25) is 0 Å². The van der Waals surface area contributed by atoms with E-state index in [9.17, 15) is 0 Å². The maximum atomic E-state index is 4.35. The van der Waals surface area contributed by atoms with Gasteiger partial charge in [0.15, 0.2) is 5.96 Å². The third kappa shape index (κ3) is 5.37. The van der Waals surface area contributed by atoms with Gasteiger partial charge < -0.3 is 10.6 Å². The van der Waals surface area contributed by atoms with E-state index in [1.54, 1.807) is 0 Å². The summed E-state index contributed by atoms with van der Waals surface area (Å²) in [5.41, 5.74) is 0. The van der Waals surface area contributed by atoms with E-state index in [1.165, 1.54) is 31.4 Å². The molecule has 0 aromatic carbocycles. The first-order valence-electron chi connectivity index (χ1n) is 8.38. The van der Waals surface area contributed by atoms with Crippen LogP contribution < -0.4 is 10.6 Å². The Morgan fingerprint density at radius 1 is 1.38 bits per heavy atom. The smallest absolute Gasteiger partial charge is 0.191 e. The summed E-state index contributed by atoms with van der Waals surface area (Å²) in [6.45, 7) is 10.0. The molecule has 1 unspecified atom stereocenters. The van der Waals surface area contributed by atoms with Crippen molar-refractivity contribution in [2.75, 3.05) is 32.4 Å². The molecular weight excluding hydrogens is 280 g/mol. The molecule has 0 aromatic rings. The molecule has 4 nitrogen and oxygen atoms in total. The Hall–Kier alpha value is -0.420. The number of hydrogen-bond acceptors (Lipinski definition) is 3. The van der Waals surface area contributed by atoms with Gasteiger partial charge in [-0.3, -0.25) is 9.89 Å². The Labute approximate surface area is 134 Å². The minimum atomic E-state index is 0.385. The predicted molar refractivity (Wildman–Crippen MR) is 94.3 cm³/mol. The van der Waals surface area contributed by atoms with E-state index in [0.717, 1.165) is 31.6 Å². The lowest BCUT2D eigenvalue weighted by Crippen LogP contribution is -2.46. The molecular formula is C16H32N4S. The fraction of sp³-hybridized carbons (Fsp3) is 0.938. The van der Waals surface area contributed by atoms with Crippen molar-refractivity contribution in [2.45, 2.75) is 63.3 Å². The van der Waals surface area contributed by atoms with E-state index < -0.39 is 0 Å². The van der Waals surface area contributed by atoms with Gasteiger partial charge >= 0.3 is 0 Å². The van der Waals surface area contributed by atoms with Gasteiger partial charge in [0.2, 0.25) is 0 Å². The number of rotatable bonds is 7. The van der Waals surface area contributed by atoms with Crippen molar-refractivity contribution in [1.82, 2.24) is 15.5 Å². The summed E-state index contributed by atoms with van der Waals surface area (Å²) in [4.78, 5) is 6.95. The number of thioether (sulfide) groups is 1. The maximum Gasteiger partial charge on any atom is 0.191 e. The van der Waals surface area contributed by atoms with Crippen LogP contribution >= 0.6 is 11.8 Å². The van der Waals surface area contributed by atoms with Gasteiger partial charge in [0, 0.05) is 43.5 Å². The molecule has 0 aromatic heterocycles. The zero-order chi connectivity index (χ0) is 15.3. The molecule has 0 radical (unpaired) electrons. The summed E-state index contributed by atoms with van der Waals surface area (Å²) >= 11 is 2.09. The molecule has 2 rings (SSSR count). The van der Waals surface area contributed by atoms with Crippen LogP contribution in [0.5, 0.6) is 0 Å². The van der Waals surface area contributed by atoms with Crippen LogP contribution in [-0.4, -0.2) is 60.1 Å². The Morgan fingerprint density at radius 3 is 2.67 bits per heavy atom. The highest BCUT2D eigenvalue weighted by Crippen LogP contribution is 2.36. The zero-order valence-corrected chi connectivity index (χ0v) is 14.9. The van der Waals surface area contributed by atoms with E-state index in [0.29, 0.717) is 10.8 Å². The zero-order valence-electron chi connectivity index (χ0n) is 14.1. The van der Waals surface area contributed by atoms with Crippen molar-refractivity contribution in [3.8, 4) is 0 Å². The van der Waals surface area contributed by atoms with E-state index in [2.05, 4.69) is 53.1 Å². The average molecular weight is 313 g/mol. The van der Waals surface area contributed by atoms with Gasteiger partial charge in [-0.1, -0.05) is 0 Å². The number of hydrogen-bond donors (Lipinski definition) is 2. The summed E-state index contributed by atoms with van der Waals surface area (Å²) in [5, 5.41) is 6.97. The summed E-state index contributed by atoms with van der Waals surface area (Å²) in [7, 11) is 1.86. The molecule has 1 heterocycles. The van der Waals surface area contributed by atoms with Gasteiger partial charge in [-0.05, 0) is 52.2 Å². The van der Waals surface area contributed by atoms with Gasteiger partial charge in [-0.15, -0.1) is 0 Å². The van der Waals surface area contributed by atoms with Gasteiger partial charge in [0.25, 0.3) is 0 Å². The van der Waals surface area contributed by atoms with Crippen LogP contribution in [0, 0.1) is 0 Å². The van der Waals surface area contributed by atoms with Gasteiger partial charge in [0.1, 0.15) is 0 Å². The molecule has 1 aliphatic heterocycles. The number of guanidine groups is 1. The van der Waals surface area contributed by atoms with Crippen LogP contribution in [-0.2, 0) is 0 Å². The molecule has 0 amide bonds. The molecule has 2 aliphatic rings. The highest BCUT2D eigenvalue weighted by atomic mass is 32.2. The van der Waals surface area contributed by atoms with E-state index in [1.807, 2.05) is 7.05 Å². The summed E-state index contributed by atoms with van der Waals surface area (Å²) in [5.74, 6) is 2.25. The minimum Gasteiger partial charge on any atom is -0.355 e. The third-order valence-electron chi connectivity index (χ3n) is 4.50. The lowest BCUT2D eigenvalue weighted by atomic mass is 10.1. The third-order valence-corrected chi connectivity index (χ3v) is 6.03. The maximum absolute atomic E-state index is 4.35. The first-order chi connectivity index (χ1) is 10.0. The Kier molecular flexibility index (Phi) is 6.23. The summed E-state index contributed by atoms with van der Waals surface area (Å²) in [6, 6.07) is 1.47. The minimum absolute atomic E-state index is 0.385. The molecule has 122 valence electrons. The van der Waals surface area contributed by atoms with Crippen LogP contribution in [0.4, 0.5) is 0 Å². The number of nitrogens with one attached hydrogen (secondary N) is 2. The van der Waals surface area contributed by atoms with Crippen molar-refractivity contribution in [1.29, 1.82) is 0 Å². The Morgan fingerprint density at radius 2 is 2.14 bits per heavy atom. The highest BCUT2D eigenvalue weighted by Gasteiger charge is 2.31. The normalized spacial score (nSPS) is 26.7. The molecule has 0 spiro atoms. The fourth-order valence-corrected chi connectivity index (χ4v) is 4.28. The first-order valence-corrected chi connectivity index (χ1v) is 9.37. The topological polar surface area (TPSA) is 39.7 Å². The lowest BCUT2D eigenvalue weighted by molar-refractivity contribution is 0.215. The molecule has 2 fully saturated rings. The van der Waals surface area contributed by atoms with Crippen molar-refractivity contribution < 1.29 is 0 Å². The lowest BCUT2D eigenvalue weighted by Gasteiger charge is -2.27. The first kappa shape index (κ1) is 16.9. The van der Waals surface area contributed by atoms with Crippen molar-refractivity contribution in [3.05, 3.63) is 0 Å². The molecule has 1 saturated carbocycles. The molecule has 5 heteroatoms. The molecule has 21 heavy (non-hydrogen) atoms. The molecule has 1 saturated heterocycles. The van der Waals surface area contributed by atoms with Crippen molar-refractivity contribution >= 4 is 17.7 Å². The summed E-state index contributed by atoms with van der Waals surface area (Å²) < 4.78 is 0.385. The van der Waals surface area contributed by atoms with E-state index in [-0.39, 0.29) is 0 Å². The standard InChI is InChI=1S/C16H32N4S/c1-13(2)20(14-6-7-14)10-9-18-15(17-4)19-12-16(3)8-5-11-21-16/h13-14H,5-12H2,1-4H3,(H2,17,18,19). The quantitative estimate of drug-likeness (QED) is 0.559. The highest BCUT2D eigenvalue weighted by molar-refractivity contribution is 8.00. The fourth-order valence-electron chi connectivity index (χ4n) is 3.04. The van der Waals surface area contributed by atoms with E-state index in [4.69, 9.17) is 0 Å². The average Bonchev–Trinajstić information content (AvgIpc) is 3.19. The second-order valence-corrected chi connectivity index (χ2v) is 8.50. The van der Waals surface area contributed by atoms with Crippen molar-refractivity contribution in [2.24, 2.45) is 4.99 Å². The van der Waals surface area contributed by atoms with Gasteiger partial charge in [-0.2, -0.15) is 11.8 Å². The number of aliphatic imine (C=N–C) groups is 1. The van der Waals surface area contributed by atoms with Gasteiger partial charge in [0.05, 0.1) is 0 Å². The molecule has 1 aliphatic carbocycles. The van der Waals surface area contributed by atoms with E-state index >= 15 is 0 Å². The second-order valence-electron chi connectivity index (χ2n) is 6.82. The van der Waals surface area contributed by atoms with Gasteiger partial charge in [-0.25, -0.2) is 0 Å². The Bertz CT molecular complexity index is 344. The second kappa shape index (κ2) is 7.73. The SMILES string of the molecule is CN=C(NCCN(C(C)C)C1CC1)NCC1(C)CCCS1. The van der Waals surface area contributed by atoms with Crippen LogP contribution in [0.25, 0.3) is 0 Å². The van der Waals surface area contributed by atoms with Crippen LogP contribution in [0.15, 0.2) is 4.99 Å². The van der Waals surface area contributed by atoms with Crippen molar-refractivity contribution in [3.63, 3.8) is 0 Å². The summed E-state index contributed by atoms with van der Waals surface area (Å²) in [6.07, 6.45) is 5.41. The molecule has 1 atom stereocenters. The Balaban J connectivity index is 1.67.